The van der Waals surface area contributed by atoms with Crippen molar-refractivity contribution in [3.63, 3.8) is 0 Å². The Labute approximate surface area is 268 Å². The summed E-state index contributed by atoms with van der Waals surface area (Å²) in [5, 5.41) is 11.7. The van der Waals surface area contributed by atoms with E-state index in [1.54, 1.807) is 4.90 Å². The van der Waals surface area contributed by atoms with Crippen LogP contribution in [0.1, 0.15) is 65.0 Å². The van der Waals surface area contributed by atoms with Crippen molar-refractivity contribution in [2.24, 2.45) is 5.41 Å². The van der Waals surface area contributed by atoms with Gasteiger partial charge in [-0.25, -0.2) is 0 Å². The van der Waals surface area contributed by atoms with Gasteiger partial charge in [0.1, 0.15) is 12.1 Å². The molecule has 3 N–H and O–H groups in total. The third-order valence-corrected chi connectivity index (χ3v) is 8.20. The molecule has 1 saturated heterocycles. The van der Waals surface area contributed by atoms with Crippen molar-refractivity contribution in [2.75, 3.05) is 26.2 Å². The Bertz CT molecular complexity index is 1430. The summed E-state index contributed by atoms with van der Waals surface area (Å²) in [6.07, 6.45) is 2.44. The van der Waals surface area contributed by atoms with Crippen molar-refractivity contribution in [3.8, 4) is 0 Å². The van der Waals surface area contributed by atoms with E-state index >= 15 is 0 Å². The second-order valence-corrected chi connectivity index (χ2v) is 13.7. The van der Waals surface area contributed by atoms with Crippen LogP contribution in [0.25, 0.3) is 10.8 Å². The molecule has 2 atom stereocenters. The predicted molar refractivity (Wildman–Crippen MR) is 180 cm³/mol. The lowest BCUT2D eigenvalue weighted by Crippen LogP contribution is -2.55. The summed E-state index contributed by atoms with van der Waals surface area (Å²) in [6.45, 7) is 12.7. The zero-order valence-electron chi connectivity index (χ0n) is 27.5. The van der Waals surface area contributed by atoms with Gasteiger partial charge in [-0.05, 0) is 61.6 Å². The van der Waals surface area contributed by atoms with Crippen LogP contribution in [0.5, 0.6) is 0 Å². The molecule has 1 fully saturated rings. The predicted octanol–water partition coefficient (Wildman–Crippen LogP) is 5.00. The molecular weight excluding hydrogens is 564 g/mol. The third-order valence-electron chi connectivity index (χ3n) is 8.20. The fourth-order valence-electron chi connectivity index (χ4n) is 5.63. The average molecular weight is 615 g/mol. The van der Waals surface area contributed by atoms with Gasteiger partial charge in [0.25, 0.3) is 0 Å². The van der Waals surface area contributed by atoms with Crippen LogP contribution in [0.3, 0.4) is 0 Å². The first kappa shape index (κ1) is 34.1. The van der Waals surface area contributed by atoms with Crippen molar-refractivity contribution in [1.29, 1.82) is 0 Å². The number of hydrogen-bond donors (Lipinski definition) is 3. The minimum atomic E-state index is -0.760. The van der Waals surface area contributed by atoms with Crippen LogP contribution in [-0.4, -0.2) is 66.5 Å². The number of rotatable bonds is 14. The van der Waals surface area contributed by atoms with Gasteiger partial charge in [0.05, 0.1) is 12.2 Å². The number of fused-ring (bicyclic) bond motifs is 1. The number of nitrogens with zero attached hydrogens (tertiary/aromatic N) is 1. The lowest BCUT2D eigenvalue weighted by Gasteiger charge is -2.31. The number of carbonyl (C=O) groups excluding carboxylic acids is 3. The molecule has 45 heavy (non-hydrogen) atoms. The van der Waals surface area contributed by atoms with E-state index in [0.717, 1.165) is 34.7 Å². The Morgan fingerprint density at radius 3 is 2.33 bits per heavy atom. The number of amides is 3. The number of likely N-dealkylation sites (tertiary alicyclic amines) is 1. The van der Waals surface area contributed by atoms with Crippen LogP contribution in [-0.2, 0) is 32.1 Å². The maximum Gasteiger partial charge on any atom is 0.243 e. The second kappa shape index (κ2) is 15.5. The summed E-state index contributed by atoms with van der Waals surface area (Å²) < 4.78 is 6.10. The van der Waals surface area contributed by atoms with Crippen molar-refractivity contribution in [3.05, 3.63) is 83.9 Å². The van der Waals surface area contributed by atoms with Crippen LogP contribution >= 0.6 is 0 Å². The van der Waals surface area contributed by atoms with E-state index in [1.807, 2.05) is 69.3 Å². The highest BCUT2D eigenvalue weighted by Gasteiger charge is 2.39. The third kappa shape index (κ3) is 10.1. The van der Waals surface area contributed by atoms with E-state index in [0.29, 0.717) is 45.6 Å². The molecule has 1 aliphatic heterocycles. The fourth-order valence-corrected chi connectivity index (χ4v) is 5.63. The van der Waals surface area contributed by atoms with Crippen LogP contribution in [0.2, 0.25) is 0 Å². The first-order valence-electron chi connectivity index (χ1n) is 16.2. The molecule has 0 unspecified atom stereocenters. The molecule has 0 bridgehead atoms. The quantitative estimate of drug-likeness (QED) is 0.222. The molecule has 0 spiro atoms. The molecular formula is C37H50N4O4. The summed E-state index contributed by atoms with van der Waals surface area (Å²) in [5.41, 5.74) is 1.18. The van der Waals surface area contributed by atoms with Gasteiger partial charge in [0.15, 0.2) is 0 Å². The van der Waals surface area contributed by atoms with Crippen LogP contribution in [0, 0.1) is 5.41 Å². The Hall–Kier alpha value is -3.75. The normalized spacial score (nSPS) is 16.0. The molecule has 0 saturated carbocycles. The molecule has 1 heterocycles. The first-order chi connectivity index (χ1) is 21.4. The fraction of sp³-hybridized carbons (Fsp3) is 0.486. The number of benzene rings is 3. The van der Waals surface area contributed by atoms with Gasteiger partial charge in [0.2, 0.25) is 17.7 Å². The average Bonchev–Trinajstić information content (AvgIpc) is 3.51. The molecule has 0 aromatic heterocycles. The van der Waals surface area contributed by atoms with E-state index in [2.05, 4.69) is 54.1 Å². The first-order valence-corrected chi connectivity index (χ1v) is 16.2. The second-order valence-electron chi connectivity index (χ2n) is 13.7. The largest absolute Gasteiger partial charge is 0.370 e. The molecule has 4 rings (SSSR count). The Balaban J connectivity index is 1.32. The topological polar surface area (TPSA) is 99.8 Å². The molecule has 0 aliphatic carbocycles. The van der Waals surface area contributed by atoms with E-state index in [-0.39, 0.29) is 23.3 Å². The minimum Gasteiger partial charge on any atom is -0.370 e. The SMILES string of the molecule is CC(C)(CNCCCNC(=O)[C@@H](Cc1ccc2ccccc2c1)NC(=O)[C@@H]1CCCN1C(=O)C(C)(C)C)OCc1ccccc1. The zero-order valence-corrected chi connectivity index (χ0v) is 27.5. The molecule has 3 aromatic rings. The monoisotopic (exact) mass is 614 g/mol. The molecule has 1 aliphatic rings. The number of hydrogen-bond acceptors (Lipinski definition) is 5. The van der Waals surface area contributed by atoms with Crippen molar-refractivity contribution < 1.29 is 19.1 Å². The molecule has 3 amide bonds. The number of nitrogens with one attached hydrogen (secondary N) is 3. The Kier molecular flexibility index (Phi) is 11.8. The van der Waals surface area contributed by atoms with Crippen LogP contribution in [0.4, 0.5) is 0 Å². The van der Waals surface area contributed by atoms with Gasteiger partial charge in [-0.2, -0.15) is 0 Å². The van der Waals surface area contributed by atoms with Crippen molar-refractivity contribution in [1.82, 2.24) is 20.9 Å². The lowest BCUT2D eigenvalue weighted by atomic mass is 9.94. The molecule has 0 radical (unpaired) electrons. The summed E-state index contributed by atoms with van der Waals surface area (Å²) in [6, 6.07) is 23.0. The molecule has 8 nitrogen and oxygen atoms in total. The van der Waals surface area contributed by atoms with Crippen LogP contribution in [0.15, 0.2) is 72.8 Å². The van der Waals surface area contributed by atoms with Gasteiger partial charge in [-0.3, -0.25) is 14.4 Å². The number of carbonyl (C=O) groups is 3. The minimum absolute atomic E-state index is 0.0446. The molecule has 8 heteroatoms. The number of ether oxygens (including phenoxy) is 1. The van der Waals surface area contributed by atoms with E-state index in [1.165, 1.54) is 0 Å². The summed E-state index contributed by atoms with van der Waals surface area (Å²) in [4.78, 5) is 41.8. The molecule has 3 aromatic carbocycles. The van der Waals surface area contributed by atoms with E-state index < -0.39 is 17.5 Å². The highest BCUT2D eigenvalue weighted by Crippen LogP contribution is 2.26. The maximum atomic E-state index is 13.6. The molecule has 242 valence electrons. The summed E-state index contributed by atoms with van der Waals surface area (Å²) in [7, 11) is 0. The highest BCUT2D eigenvalue weighted by molar-refractivity contribution is 5.93. The van der Waals surface area contributed by atoms with Gasteiger partial charge < -0.3 is 25.6 Å². The van der Waals surface area contributed by atoms with E-state index in [9.17, 15) is 14.4 Å². The standard InChI is InChI=1S/C37H50N4O4/c1-36(2,3)35(44)41-22-11-17-32(41)34(43)40-31(24-28-18-19-29-15-9-10-16-30(29)23-28)33(42)39-21-12-20-38-26-37(4,5)45-25-27-13-7-6-8-14-27/h6-10,13-16,18-19,23,31-32,38H,11-12,17,20-22,24-26H2,1-5H3,(H,39,42)(H,40,43)/t31-,32+/m1/s1. The Morgan fingerprint density at radius 1 is 0.889 bits per heavy atom. The van der Waals surface area contributed by atoms with Gasteiger partial charge >= 0.3 is 0 Å². The zero-order chi connectivity index (χ0) is 32.5. The highest BCUT2D eigenvalue weighted by atomic mass is 16.5. The van der Waals surface area contributed by atoms with Crippen molar-refractivity contribution >= 4 is 28.5 Å². The van der Waals surface area contributed by atoms with Gasteiger partial charge in [-0.1, -0.05) is 93.6 Å². The van der Waals surface area contributed by atoms with Gasteiger partial charge in [0, 0.05) is 31.5 Å². The summed E-state index contributed by atoms with van der Waals surface area (Å²) >= 11 is 0. The van der Waals surface area contributed by atoms with Gasteiger partial charge in [-0.15, -0.1) is 0 Å². The van der Waals surface area contributed by atoms with Crippen LogP contribution < -0.4 is 16.0 Å². The van der Waals surface area contributed by atoms with Crippen molar-refractivity contribution in [2.45, 2.75) is 84.6 Å². The van der Waals surface area contributed by atoms with E-state index in [4.69, 9.17) is 4.74 Å². The lowest BCUT2D eigenvalue weighted by molar-refractivity contribution is -0.145. The summed E-state index contributed by atoms with van der Waals surface area (Å²) in [5.74, 6) is -0.544. The Morgan fingerprint density at radius 2 is 1.60 bits per heavy atom. The smallest absolute Gasteiger partial charge is 0.243 e. The maximum absolute atomic E-state index is 13.6.